The predicted octanol–water partition coefficient (Wildman–Crippen LogP) is 5.59. The van der Waals surface area contributed by atoms with Gasteiger partial charge in [-0.15, -0.1) is 0 Å². The summed E-state index contributed by atoms with van der Waals surface area (Å²) < 4.78 is 12.1. The van der Waals surface area contributed by atoms with E-state index in [9.17, 15) is 0 Å². The van der Waals surface area contributed by atoms with Crippen LogP contribution in [0.2, 0.25) is 0 Å². The Balaban J connectivity index is 1.43. The van der Waals surface area contributed by atoms with Gasteiger partial charge in [0.25, 0.3) is 0 Å². The average Bonchev–Trinajstić information content (AvgIpc) is 2.74. The van der Waals surface area contributed by atoms with Gasteiger partial charge in [0.1, 0.15) is 17.2 Å². The van der Waals surface area contributed by atoms with E-state index in [1.807, 2.05) is 54.6 Å². The first-order valence-electron chi connectivity index (χ1n) is 9.97. The Hall–Kier alpha value is -2.78. The third-order valence-corrected chi connectivity index (χ3v) is 5.41. The SMILES string of the molecule is CN1CC[C@H](c2ccccc2)[C@@H](COc2cccc(Oc3ccccc3)c2)C1. The molecular formula is C25H27NO2. The van der Waals surface area contributed by atoms with Crippen molar-refractivity contribution in [1.82, 2.24) is 4.90 Å². The zero-order valence-electron chi connectivity index (χ0n) is 16.3. The van der Waals surface area contributed by atoms with Gasteiger partial charge in [0.05, 0.1) is 6.61 Å². The molecule has 3 aromatic rings. The van der Waals surface area contributed by atoms with E-state index >= 15 is 0 Å². The highest BCUT2D eigenvalue weighted by Crippen LogP contribution is 2.33. The lowest BCUT2D eigenvalue weighted by Gasteiger charge is -2.37. The Morgan fingerprint density at radius 1 is 0.821 bits per heavy atom. The van der Waals surface area contributed by atoms with Gasteiger partial charge in [0, 0.05) is 18.5 Å². The van der Waals surface area contributed by atoms with E-state index < -0.39 is 0 Å². The number of nitrogens with zero attached hydrogens (tertiary/aromatic N) is 1. The molecule has 1 aliphatic rings. The third kappa shape index (κ3) is 4.73. The van der Waals surface area contributed by atoms with Gasteiger partial charge >= 0.3 is 0 Å². The highest BCUT2D eigenvalue weighted by molar-refractivity contribution is 5.36. The minimum absolute atomic E-state index is 0.472. The minimum Gasteiger partial charge on any atom is -0.493 e. The molecule has 0 radical (unpaired) electrons. The maximum atomic E-state index is 6.22. The highest BCUT2D eigenvalue weighted by Gasteiger charge is 2.29. The predicted molar refractivity (Wildman–Crippen MR) is 113 cm³/mol. The fourth-order valence-corrected chi connectivity index (χ4v) is 3.98. The number of benzene rings is 3. The molecule has 1 aliphatic heterocycles. The van der Waals surface area contributed by atoms with Crippen LogP contribution < -0.4 is 9.47 Å². The molecular weight excluding hydrogens is 346 g/mol. The lowest BCUT2D eigenvalue weighted by atomic mass is 9.81. The number of rotatable bonds is 6. The van der Waals surface area contributed by atoms with Crippen LogP contribution in [0.4, 0.5) is 0 Å². The molecule has 1 fully saturated rings. The summed E-state index contributed by atoms with van der Waals surface area (Å²) in [5, 5.41) is 0. The molecule has 3 heteroatoms. The summed E-state index contributed by atoms with van der Waals surface area (Å²) in [6.45, 7) is 2.90. The van der Waals surface area contributed by atoms with Gasteiger partial charge in [0.2, 0.25) is 0 Å². The second kappa shape index (κ2) is 8.94. The third-order valence-electron chi connectivity index (χ3n) is 5.41. The van der Waals surface area contributed by atoms with Crippen LogP contribution in [0.5, 0.6) is 17.2 Å². The van der Waals surface area contributed by atoms with E-state index in [1.165, 1.54) is 12.0 Å². The summed E-state index contributed by atoms with van der Waals surface area (Å²) in [5.41, 5.74) is 1.42. The number of piperidine rings is 1. The minimum atomic E-state index is 0.472. The largest absolute Gasteiger partial charge is 0.493 e. The Morgan fingerprint density at radius 3 is 2.29 bits per heavy atom. The van der Waals surface area contributed by atoms with Crippen LogP contribution >= 0.6 is 0 Å². The van der Waals surface area contributed by atoms with E-state index in [1.54, 1.807) is 0 Å². The first-order chi connectivity index (χ1) is 13.8. The van der Waals surface area contributed by atoms with Crippen LogP contribution in [0.3, 0.4) is 0 Å². The molecule has 0 saturated carbocycles. The van der Waals surface area contributed by atoms with Crippen LogP contribution in [0.15, 0.2) is 84.9 Å². The summed E-state index contributed by atoms with van der Waals surface area (Å²) in [6, 6.07) is 28.6. The van der Waals surface area contributed by atoms with E-state index in [0.717, 1.165) is 30.3 Å². The fourth-order valence-electron chi connectivity index (χ4n) is 3.98. The molecule has 0 amide bonds. The zero-order chi connectivity index (χ0) is 19.2. The molecule has 0 aromatic heterocycles. The topological polar surface area (TPSA) is 21.7 Å². The molecule has 0 unspecified atom stereocenters. The molecule has 0 N–H and O–H groups in total. The lowest BCUT2D eigenvalue weighted by molar-refractivity contribution is 0.129. The second-order valence-corrected chi connectivity index (χ2v) is 7.53. The molecule has 1 saturated heterocycles. The molecule has 2 atom stereocenters. The first-order valence-corrected chi connectivity index (χ1v) is 9.97. The maximum Gasteiger partial charge on any atom is 0.131 e. The van der Waals surface area contributed by atoms with Crippen molar-refractivity contribution in [3.05, 3.63) is 90.5 Å². The van der Waals surface area contributed by atoms with Crippen LogP contribution in [0.1, 0.15) is 17.9 Å². The molecule has 1 heterocycles. The normalized spacial score (nSPS) is 19.9. The number of hydrogen-bond donors (Lipinski definition) is 0. The van der Waals surface area contributed by atoms with Gasteiger partial charge in [-0.1, -0.05) is 54.6 Å². The van der Waals surface area contributed by atoms with E-state index in [-0.39, 0.29) is 0 Å². The average molecular weight is 373 g/mol. The first kappa shape index (κ1) is 18.6. The Labute approximate surface area is 167 Å². The van der Waals surface area contributed by atoms with E-state index in [4.69, 9.17) is 9.47 Å². The summed E-state index contributed by atoms with van der Waals surface area (Å²) in [5.74, 6) is 3.50. The van der Waals surface area contributed by atoms with Crippen molar-refractivity contribution in [2.75, 3.05) is 26.7 Å². The maximum absolute atomic E-state index is 6.22. The lowest BCUT2D eigenvalue weighted by Crippen LogP contribution is -2.39. The van der Waals surface area contributed by atoms with Crippen molar-refractivity contribution in [2.24, 2.45) is 5.92 Å². The van der Waals surface area contributed by atoms with Crippen molar-refractivity contribution in [3.8, 4) is 17.2 Å². The monoisotopic (exact) mass is 373 g/mol. The molecule has 4 rings (SSSR count). The Kier molecular flexibility index (Phi) is 5.93. The molecule has 0 bridgehead atoms. The van der Waals surface area contributed by atoms with Gasteiger partial charge in [-0.25, -0.2) is 0 Å². The number of ether oxygens (including phenoxy) is 2. The molecule has 3 aromatic carbocycles. The molecule has 144 valence electrons. The Bertz CT molecular complexity index is 866. The molecule has 0 aliphatic carbocycles. The van der Waals surface area contributed by atoms with Crippen molar-refractivity contribution in [3.63, 3.8) is 0 Å². The second-order valence-electron chi connectivity index (χ2n) is 7.53. The van der Waals surface area contributed by atoms with Crippen molar-refractivity contribution in [1.29, 1.82) is 0 Å². The highest BCUT2D eigenvalue weighted by atomic mass is 16.5. The van der Waals surface area contributed by atoms with Crippen LogP contribution in [0, 0.1) is 5.92 Å². The van der Waals surface area contributed by atoms with E-state index in [2.05, 4.69) is 42.3 Å². The van der Waals surface area contributed by atoms with Crippen molar-refractivity contribution >= 4 is 0 Å². The van der Waals surface area contributed by atoms with Crippen molar-refractivity contribution in [2.45, 2.75) is 12.3 Å². The van der Waals surface area contributed by atoms with Crippen LogP contribution in [-0.4, -0.2) is 31.6 Å². The van der Waals surface area contributed by atoms with Gasteiger partial charge in [-0.05, 0) is 55.8 Å². The fraction of sp³-hybridized carbons (Fsp3) is 0.280. The summed E-state index contributed by atoms with van der Waals surface area (Å²) in [7, 11) is 2.20. The smallest absolute Gasteiger partial charge is 0.131 e. The number of hydrogen-bond acceptors (Lipinski definition) is 3. The number of para-hydroxylation sites is 1. The summed E-state index contributed by atoms with van der Waals surface area (Å²) >= 11 is 0. The van der Waals surface area contributed by atoms with Gasteiger partial charge in [-0.2, -0.15) is 0 Å². The standard InChI is InChI=1S/C25H27NO2/c1-26-16-15-25(20-9-4-2-5-10-20)21(18-26)19-27-23-13-8-14-24(17-23)28-22-11-6-3-7-12-22/h2-14,17,21,25H,15-16,18-19H2,1H3/t21-,25-/m1/s1. The Morgan fingerprint density at radius 2 is 1.50 bits per heavy atom. The van der Waals surface area contributed by atoms with Crippen LogP contribution in [0.25, 0.3) is 0 Å². The van der Waals surface area contributed by atoms with Gasteiger partial charge < -0.3 is 14.4 Å². The van der Waals surface area contributed by atoms with Crippen LogP contribution in [-0.2, 0) is 0 Å². The zero-order valence-corrected chi connectivity index (χ0v) is 16.3. The van der Waals surface area contributed by atoms with E-state index in [0.29, 0.717) is 18.4 Å². The molecule has 3 nitrogen and oxygen atoms in total. The van der Waals surface area contributed by atoms with Crippen molar-refractivity contribution < 1.29 is 9.47 Å². The quantitative estimate of drug-likeness (QED) is 0.562. The summed E-state index contributed by atoms with van der Waals surface area (Å²) in [6.07, 6.45) is 1.17. The number of likely N-dealkylation sites (tertiary alicyclic amines) is 1. The molecule has 0 spiro atoms. The summed E-state index contributed by atoms with van der Waals surface area (Å²) in [4.78, 5) is 2.41. The van der Waals surface area contributed by atoms with Gasteiger partial charge in [-0.3, -0.25) is 0 Å². The van der Waals surface area contributed by atoms with Gasteiger partial charge in [0.15, 0.2) is 0 Å². The molecule has 28 heavy (non-hydrogen) atoms.